The van der Waals surface area contributed by atoms with Crippen molar-refractivity contribution in [1.82, 2.24) is 4.98 Å². The highest BCUT2D eigenvalue weighted by molar-refractivity contribution is 7.19. The van der Waals surface area contributed by atoms with Gasteiger partial charge in [0.15, 0.2) is 6.61 Å². The maximum absolute atomic E-state index is 11.9. The number of aryl methyl sites for hydroxylation is 1. The molecule has 0 aliphatic carbocycles. The summed E-state index contributed by atoms with van der Waals surface area (Å²) in [5.74, 6) is -1.21. The third-order valence-electron chi connectivity index (χ3n) is 3.71. The molecule has 1 heterocycles. The number of amides is 1. The first-order valence-electron chi connectivity index (χ1n) is 8.17. The minimum atomic E-state index is -0.671. The summed E-state index contributed by atoms with van der Waals surface area (Å²) < 4.78 is 5.91. The van der Waals surface area contributed by atoms with Gasteiger partial charge in [-0.25, -0.2) is 9.78 Å². The van der Waals surface area contributed by atoms with E-state index in [-0.39, 0.29) is 5.69 Å². The van der Waals surface area contributed by atoms with Crippen molar-refractivity contribution in [2.24, 2.45) is 0 Å². The predicted octanol–water partition coefficient (Wildman–Crippen LogP) is 3.71. The fourth-order valence-electron chi connectivity index (χ4n) is 2.37. The molecule has 9 heteroatoms. The second kappa shape index (κ2) is 8.40. The van der Waals surface area contributed by atoms with E-state index in [0.717, 1.165) is 10.2 Å². The molecule has 0 aliphatic heterocycles. The number of rotatable bonds is 6. The minimum absolute atomic E-state index is 0.0677. The third-order valence-corrected chi connectivity index (χ3v) is 4.71. The van der Waals surface area contributed by atoms with Crippen LogP contribution in [0.15, 0.2) is 48.5 Å². The highest BCUT2D eigenvalue weighted by Gasteiger charge is 2.11. The number of non-ortho nitro benzene ring substituents is 1. The van der Waals surface area contributed by atoms with Crippen LogP contribution in [0.1, 0.15) is 10.6 Å². The quantitative estimate of drug-likeness (QED) is 0.294. The van der Waals surface area contributed by atoms with Gasteiger partial charge < -0.3 is 10.1 Å². The third kappa shape index (κ3) is 4.77. The number of carbonyl (C=O) groups is 2. The fourth-order valence-corrected chi connectivity index (χ4v) is 3.24. The van der Waals surface area contributed by atoms with Crippen LogP contribution >= 0.6 is 11.3 Å². The number of carbonyl (C=O) groups excluding carboxylic acids is 2. The highest BCUT2D eigenvalue weighted by Crippen LogP contribution is 2.22. The molecule has 2 aromatic carbocycles. The van der Waals surface area contributed by atoms with Crippen LogP contribution in [0.2, 0.25) is 0 Å². The monoisotopic (exact) mass is 397 g/mol. The molecule has 0 saturated heterocycles. The summed E-state index contributed by atoms with van der Waals surface area (Å²) in [6, 6.07) is 11.7. The van der Waals surface area contributed by atoms with Crippen molar-refractivity contribution in [3.8, 4) is 0 Å². The fraction of sp³-hybridized carbons (Fsp3) is 0.105. The van der Waals surface area contributed by atoms with Crippen molar-refractivity contribution in [3.63, 3.8) is 0 Å². The molecule has 0 spiro atoms. The number of ether oxygens (including phenoxy) is 1. The highest BCUT2D eigenvalue weighted by atomic mass is 32.1. The zero-order valence-electron chi connectivity index (χ0n) is 14.7. The Hall–Kier alpha value is -3.59. The average Bonchev–Trinajstić information content (AvgIpc) is 3.09. The van der Waals surface area contributed by atoms with Crippen molar-refractivity contribution in [2.75, 3.05) is 11.9 Å². The molecule has 8 nitrogen and oxygen atoms in total. The standard InChI is InChI=1S/C19H15N3O5S/c1-12-10-13(22(25)26)6-7-14(12)20-17(23)11-27-19(24)9-8-18-21-15-4-2-3-5-16(15)28-18/h2-10H,11H2,1H3,(H,20,23)/b9-8+. The second-order valence-corrected chi connectivity index (χ2v) is 6.83. The first-order valence-corrected chi connectivity index (χ1v) is 8.99. The molecule has 0 atom stereocenters. The molecule has 1 N–H and O–H groups in total. The van der Waals surface area contributed by atoms with Gasteiger partial charge in [0, 0.05) is 23.9 Å². The normalized spacial score (nSPS) is 10.9. The number of benzene rings is 2. The molecule has 142 valence electrons. The number of nitrogens with one attached hydrogen (secondary N) is 1. The summed E-state index contributed by atoms with van der Waals surface area (Å²) in [6.45, 7) is 1.16. The van der Waals surface area contributed by atoms with E-state index >= 15 is 0 Å². The lowest BCUT2D eigenvalue weighted by molar-refractivity contribution is -0.384. The van der Waals surface area contributed by atoms with Gasteiger partial charge in [-0.1, -0.05) is 12.1 Å². The first kappa shape index (κ1) is 19.2. The summed E-state index contributed by atoms with van der Waals surface area (Å²) in [5.41, 5.74) is 1.72. The number of esters is 1. The van der Waals surface area contributed by atoms with Crippen LogP contribution in [-0.4, -0.2) is 28.4 Å². The zero-order valence-corrected chi connectivity index (χ0v) is 15.6. The molecule has 0 unspecified atom stereocenters. The molecule has 3 aromatic rings. The van der Waals surface area contributed by atoms with Gasteiger partial charge in [0.05, 0.1) is 15.1 Å². The van der Waals surface area contributed by atoms with Gasteiger partial charge in [-0.15, -0.1) is 11.3 Å². The molecule has 0 radical (unpaired) electrons. The first-order chi connectivity index (χ1) is 13.4. The maximum atomic E-state index is 11.9. The van der Waals surface area contributed by atoms with Gasteiger partial charge in [0.2, 0.25) is 0 Å². The molecule has 3 rings (SSSR count). The van der Waals surface area contributed by atoms with Gasteiger partial charge in [-0.2, -0.15) is 0 Å². The number of hydrogen-bond acceptors (Lipinski definition) is 7. The van der Waals surface area contributed by atoms with E-state index in [1.807, 2.05) is 24.3 Å². The van der Waals surface area contributed by atoms with Gasteiger partial charge in [0.1, 0.15) is 5.01 Å². The Morgan fingerprint density at radius 2 is 2.07 bits per heavy atom. The number of aromatic nitrogens is 1. The van der Waals surface area contributed by atoms with E-state index in [0.29, 0.717) is 16.3 Å². The predicted molar refractivity (Wildman–Crippen MR) is 106 cm³/mol. The zero-order chi connectivity index (χ0) is 20.1. The van der Waals surface area contributed by atoms with Crippen LogP contribution in [0.3, 0.4) is 0 Å². The Balaban J connectivity index is 1.52. The Morgan fingerprint density at radius 1 is 1.29 bits per heavy atom. The number of thiazole rings is 1. The van der Waals surface area contributed by atoms with Gasteiger partial charge in [-0.05, 0) is 36.8 Å². The minimum Gasteiger partial charge on any atom is -0.452 e. The summed E-state index contributed by atoms with van der Waals surface area (Å²) in [5, 5.41) is 13.9. The van der Waals surface area contributed by atoms with Crippen LogP contribution in [0.5, 0.6) is 0 Å². The number of nitro groups is 1. The van der Waals surface area contributed by atoms with E-state index < -0.39 is 23.4 Å². The molecule has 1 aromatic heterocycles. The number of hydrogen-bond donors (Lipinski definition) is 1. The molecular weight excluding hydrogens is 382 g/mol. The molecule has 0 saturated carbocycles. The Labute approximate surface area is 163 Å². The van der Waals surface area contributed by atoms with Gasteiger partial charge >= 0.3 is 5.97 Å². The number of nitro benzene ring substituents is 1. The van der Waals surface area contributed by atoms with Crippen LogP contribution in [0, 0.1) is 17.0 Å². The Kier molecular flexibility index (Phi) is 5.75. The van der Waals surface area contributed by atoms with Crippen LogP contribution in [-0.2, 0) is 14.3 Å². The summed E-state index contributed by atoms with van der Waals surface area (Å²) >= 11 is 1.44. The van der Waals surface area contributed by atoms with Crippen LogP contribution in [0.25, 0.3) is 16.3 Å². The van der Waals surface area contributed by atoms with Crippen molar-refractivity contribution < 1.29 is 19.2 Å². The molecule has 0 aliphatic rings. The number of fused-ring (bicyclic) bond motifs is 1. The van der Waals surface area contributed by atoms with Gasteiger partial charge in [-0.3, -0.25) is 14.9 Å². The lowest BCUT2D eigenvalue weighted by atomic mass is 10.2. The molecule has 0 bridgehead atoms. The molecular formula is C19H15N3O5S. The van der Waals surface area contributed by atoms with E-state index in [1.165, 1.54) is 41.7 Å². The Morgan fingerprint density at radius 3 is 2.79 bits per heavy atom. The lowest BCUT2D eigenvalue weighted by Crippen LogP contribution is -2.20. The average molecular weight is 397 g/mol. The summed E-state index contributed by atoms with van der Waals surface area (Å²) in [6.07, 6.45) is 2.74. The van der Waals surface area contributed by atoms with Crippen LogP contribution < -0.4 is 5.32 Å². The SMILES string of the molecule is Cc1cc([N+](=O)[O-])ccc1NC(=O)COC(=O)/C=C/c1nc2ccccc2s1. The lowest BCUT2D eigenvalue weighted by Gasteiger charge is -2.08. The molecule has 1 amide bonds. The summed E-state index contributed by atoms with van der Waals surface area (Å²) in [4.78, 5) is 38.3. The Bertz CT molecular complexity index is 1060. The number of nitrogens with zero attached hydrogens (tertiary/aromatic N) is 2. The van der Waals surface area contributed by atoms with Gasteiger partial charge in [0.25, 0.3) is 11.6 Å². The van der Waals surface area contributed by atoms with E-state index in [1.54, 1.807) is 6.92 Å². The van der Waals surface area contributed by atoms with E-state index in [4.69, 9.17) is 4.74 Å². The molecule has 28 heavy (non-hydrogen) atoms. The van der Waals surface area contributed by atoms with E-state index in [2.05, 4.69) is 10.3 Å². The maximum Gasteiger partial charge on any atom is 0.331 e. The van der Waals surface area contributed by atoms with Crippen molar-refractivity contribution in [2.45, 2.75) is 6.92 Å². The topological polar surface area (TPSA) is 111 Å². The van der Waals surface area contributed by atoms with Crippen LogP contribution in [0.4, 0.5) is 11.4 Å². The second-order valence-electron chi connectivity index (χ2n) is 5.77. The van der Waals surface area contributed by atoms with Crippen molar-refractivity contribution >= 4 is 50.9 Å². The number of para-hydroxylation sites is 1. The molecule has 0 fully saturated rings. The van der Waals surface area contributed by atoms with E-state index in [9.17, 15) is 19.7 Å². The largest absolute Gasteiger partial charge is 0.452 e. The van der Waals surface area contributed by atoms with Crippen molar-refractivity contribution in [3.05, 3.63) is 69.2 Å². The number of anilines is 1. The smallest absolute Gasteiger partial charge is 0.331 e. The van der Waals surface area contributed by atoms with Crippen molar-refractivity contribution in [1.29, 1.82) is 0 Å². The summed E-state index contributed by atoms with van der Waals surface area (Å²) in [7, 11) is 0.